The van der Waals surface area contributed by atoms with Gasteiger partial charge >= 0.3 is 0 Å². The fourth-order valence-corrected chi connectivity index (χ4v) is 3.62. The second-order valence-corrected chi connectivity index (χ2v) is 7.06. The lowest BCUT2D eigenvalue weighted by Crippen LogP contribution is -2.63. The molecule has 3 unspecified atom stereocenters. The van der Waals surface area contributed by atoms with Crippen molar-refractivity contribution in [3.63, 3.8) is 0 Å². The standard InChI is InChI=1S/C16H28N2S/c1-5-13(3)15-9-17-16(4,6-2)12-18(15)10-14-7-8-19-11-14/h7-8,11,13,15,17H,5-6,9-10,12H2,1-4H3. The number of hydrogen-bond acceptors (Lipinski definition) is 3. The zero-order valence-electron chi connectivity index (χ0n) is 12.8. The van der Waals surface area contributed by atoms with Gasteiger partial charge in [-0.05, 0) is 41.7 Å². The minimum Gasteiger partial charge on any atom is -0.309 e. The quantitative estimate of drug-likeness (QED) is 0.884. The van der Waals surface area contributed by atoms with Crippen molar-refractivity contribution < 1.29 is 0 Å². The highest BCUT2D eigenvalue weighted by molar-refractivity contribution is 7.07. The summed E-state index contributed by atoms with van der Waals surface area (Å²) < 4.78 is 0. The molecule has 0 spiro atoms. The number of thiophene rings is 1. The Labute approximate surface area is 122 Å². The highest BCUT2D eigenvalue weighted by Crippen LogP contribution is 2.26. The van der Waals surface area contributed by atoms with Crippen LogP contribution >= 0.6 is 11.3 Å². The lowest BCUT2D eigenvalue weighted by Gasteiger charge is -2.48. The van der Waals surface area contributed by atoms with E-state index in [1.165, 1.54) is 18.4 Å². The van der Waals surface area contributed by atoms with E-state index >= 15 is 0 Å². The molecule has 1 N–H and O–H groups in total. The van der Waals surface area contributed by atoms with Crippen LogP contribution in [0.25, 0.3) is 0 Å². The first-order valence-corrected chi connectivity index (χ1v) is 8.52. The van der Waals surface area contributed by atoms with E-state index in [2.05, 4.69) is 54.7 Å². The summed E-state index contributed by atoms with van der Waals surface area (Å²) in [4.78, 5) is 2.70. The average molecular weight is 280 g/mol. The van der Waals surface area contributed by atoms with Crippen LogP contribution in [0.5, 0.6) is 0 Å². The van der Waals surface area contributed by atoms with Crippen LogP contribution in [0.2, 0.25) is 0 Å². The first-order valence-electron chi connectivity index (χ1n) is 7.58. The van der Waals surface area contributed by atoms with Crippen molar-refractivity contribution >= 4 is 11.3 Å². The van der Waals surface area contributed by atoms with Gasteiger partial charge in [-0.2, -0.15) is 11.3 Å². The van der Waals surface area contributed by atoms with Crippen molar-refractivity contribution in [2.75, 3.05) is 13.1 Å². The third-order valence-corrected chi connectivity index (χ3v) is 5.54. The Morgan fingerprint density at radius 3 is 2.89 bits per heavy atom. The van der Waals surface area contributed by atoms with Gasteiger partial charge in [0.1, 0.15) is 0 Å². The number of rotatable bonds is 5. The van der Waals surface area contributed by atoms with Gasteiger partial charge < -0.3 is 5.32 Å². The fraction of sp³-hybridized carbons (Fsp3) is 0.750. The summed E-state index contributed by atoms with van der Waals surface area (Å²) in [7, 11) is 0. The van der Waals surface area contributed by atoms with Crippen molar-refractivity contribution in [1.82, 2.24) is 10.2 Å². The molecule has 0 aliphatic carbocycles. The second kappa shape index (κ2) is 6.38. The third-order valence-electron chi connectivity index (χ3n) is 4.81. The molecule has 0 radical (unpaired) electrons. The van der Waals surface area contributed by atoms with E-state index in [1.54, 1.807) is 11.3 Å². The molecule has 19 heavy (non-hydrogen) atoms. The van der Waals surface area contributed by atoms with Crippen molar-refractivity contribution in [2.45, 2.75) is 58.7 Å². The van der Waals surface area contributed by atoms with Crippen LogP contribution in [-0.2, 0) is 6.54 Å². The van der Waals surface area contributed by atoms with Crippen LogP contribution in [0, 0.1) is 5.92 Å². The summed E-state index contributed by atoms with van der Waals surface area (Å²) in [6.07, 6.45) is 2.45. The topological polar surface area (TPSA) is 15.3 Å². The maximum Gasteiger partial charge on any atom is 0.0278 e. The highest BCUT2D eigenvalue weighted by atomic mass is 32.1. The molecular weight excluding hydrogens is 252 g/mol. The zero-order chi connectivity index (χ0) is 13.9. The minimum absolute atomic E-state index is 0.278. The summed E-state index contributed by atoms with van der Waals surface area (Å²) in [5, 5.41) is 8.26. The highest BCUT2D eigenvalue weighted by Gasteiger charge is 2.36. The molecule has 0 amide bonds. The smallest absolute Gasteiger partial charge is 0.0278 e. The number of hydrogen-bond donors (Lipinski definition) is 1. The molecule has 0 aromatic carbocycles. The lowest BCUT2D eigenvalue weighted by atomic mass is 9.88. The summed E-state index contributed by atoms with van der Waals surface area (Å²) in [5.41, 5.74) is 1.75. The largest absolute Gasteiger partial charge is 0.309 e. The van der Waals surface area contributed by atoms with E-state index in [9.17, 15) is 0 Å². The van der Waals surface area contributed by atoms with Gasteiger partial charge in [-0.15, -0.1) is 0 Å². The van der Waals surface area contributed by atoms with Crippen LogP contribution in [0.3, 0.4) is 0 Å². The molecule has 1 fully saturated rings. The monoisotopic (exact) mass is 280 g/mol. The Morgan fingerprint density at radius 1 is 1.53 bits per heavy atom. The number of piperazine rings is 1. The average Bonchev–Trinajstić information content (AvgIpc) is 2.91. The number of nitrogens with one attached hydrogen (secondary N) is 1. The van der Waals surface area contributed by atoms with Gasteiger partial charge in [0, 0.05) is 31.2 Å². The van der Waals surface area contributed by atoms with Crippen LogP contribution in [0.4, 0.5) is 0 Å². The maximum absolute atomic E-state index is 3.78. The molecule has 2 nitrogen and oxygen atoms in total. The Hall–Kier alpha value is -0.380. The van der Waals surface area contributed by atoms with Crippen molar-refractivity contribution in [3.05, 3.63) is 22.4 Å². The van der Waals surface area contributed by atoms with Gasteiger partial charge in [0.15, 0.2) is 0 Å². The molecule has 3 atom stereocenters. The SMILES string of the molecule is CCC(C)C1CNC(C)(CC)CN1Cc1ccsc1. The van der Waals surface area contributed by atoms with Crippen molar-refractivity contribution in [3.8, 4) is 0 Å². The van der Waals surface area contributed by atoms with E-state index in [0.717, 1.165) is 25.6 Å². The van der Waals surface area contributed by atoms with Crippen LogP contribution in [0.1, 0.15) is 46.1 Å². The molecule has 108 valence electrons. The van der Waals surface area contributed by atoms with E-state index in [1.807, 2.05) is 0 Å². The molecule has 1 aromatic rings. The van der Waals surface area contributed by atoms with Gasteiger partial charge in [0.05, 0.1) is 0 Å². The predicted molar refractivity (Wildman–Crippen MR) is 84.7 cm³/mol. The molecule has 1 aliphatic heterocycles. The van der Waals surface area contributed by atoms with Crippen molar-refractivity contribution in [2.24, 2.45) is 5.92 Å². The van der Waals surface area contributed by atoms with Gasteiger partial charge in [-0.25, -0.2) is 0 Å². The molecule has 1 aromatic heterocycles. The van der Waals surface area contributed by atoms with Crippen LogP contribution in [0.15, 0.2) is 16.8 Å². The molecule has 2 rings (SSSR count). The Kier molecular flexibility index (Phi) is 5.04. The van der Waals surface area contributed by atoms with E-state index in [-0.39, 0.29) is 5.54 Å². The van der Waals surface area contributed by atoms with Gasteiger partial charge in [-0.1, -0.05) is 27.2 Å². The number of nitrogens with zero attached hydrogens (tertiary/aromatic N) is 1. The van der Waals surface area contributed by atoms with Crippen LogP contribution in [-0.4, -0.2) is 29.6 Å². The summed E-state index contributed by atoms with van der Waals surface area (Å²) >= 11 is 1.81. The zero-order valence-corrected chi connectivity index (χ0v) is 13.6. The Bertz CT molecular complexity index is 376. The molecule has 1 saturated heterocycles. The Balaban J connectivity index is 2.11. The maximum atomic E-state index is 3.78. The molecular formula is C16H28N2S. The Morgan fingerprint density at radius 2 is 2.32 bits per heavy atom. The molecule has 2 heterocycles. The lowest BCUT2D eigenvalue weighted by molar-refractivity contribution is 0.0488. The molecule has 0 bridgehead atoms. The van der Waals surface area contributed by atoms with Gasteiger partial charge in [0.2, 0.25) is 0 Å². The second-order valence-electron chi connectivity index (χ2n) is 6.28. The first kappa shape index (κ1) is 15.0. The molecule has 0 saturated carbocycles. The summed E-state index contributed by atoms with van der Waals surface area (Å²) in [6, 6.07) is 2.94. The summed E-state index contributed by atoms with van der Waals surface area (Å²) in [6.45, 7) is 12.7. The van der Waals surface area contributed by atoms with Gasteiger partial charge in [0.25, 0.3) is 0 Å². The normalized spacial score (nSPS) is 30.4. The third kappa shape index (κ3) is 3.59. The van der Waals surface area contributed by atoms with E-state index < -0.39 is 0 Å². The van der Waals surface area contributed by atoms with Crippen molar-refractivity contribution in [1.29, 1.82) is 0 Å². The fourth-order valence-electron chi connectivity index (χ4n) is 2.96. The predicted octanol–water partition coefficient (Wildman–Crippen LogP) is 3.74. The van der Waals surface area contributed by atoms with Gasteiger partial charge in [-0.3, -0.25) is 4.90 Å². The van der Waals surface area contributed by atoms with E-state index in [4.69, 9.17) is 0 Å². The molecule has 3 heteroatoms. The minimum atomic E-state index is 0.278. The first-order chi connectivity index (χ1) is 9.08. The van der Waals surface area contributed by atoms with E-state index in [0.29, 0.717) is 6.04 Å². The molecule has 1 aliphatic rings. The summed E-state index contributed by atoms with van der Waals surface area (Å²) in [5.74, 6) is 0.757. The van der Waals surface area contributed by atoms with Crippen LogP contribution < -0.4 is 5.32 Å².